The number of aliphatic carboxylic acids is 1. The van der Waals surface area contributed by atoms with E-state index in [9.17, 15) is 13.6 Å². The normalized spacial score (nSPS) is 28.3. The van der Waals surface area contributed by atoms with Crippen molar-refractivity contribution >= 4 is 5.97 Å². The van der Waals surface area contributed by atoms with Crippen LogP contribution in [0.3, 0.4) is 0 Å². The maximum Gasteiger partial charge on any atom is 0.303 e. The second kappa shape index (κ2) is 3.35. The molecule has 0 aromatic rings. The Hall–Kier alpha value is -0.710. The van der Waals surface area contributed by atoms with Crippen LogP contribution < -0.4 is 0 Å². The summed E-state index contributed by atoms with van der Waals surface area (Å²) < 4.78 is 30.2. The van der Waals surface area contributed by atoms with Gasteiger partial charge >= 0.3 is 5.97 Å². The first kappa shape index (κ1) is 9.38. The minimum atomic E-state index is -2.98. The van der Waals surface area contributed by atoms with E-state index in [1.807, 2.05) is 0 Å². The molecule has 5 heteroatoms. The van der Waals surface area contributed by atoms with Crippen molar-refractivity contribution in [3.63, 3.8) is 0 Å². The summed E-state index contributed by atoms with van der Waals surface area (Å²) in [6.45, 7) is -0.418. The van der Waals surface area contributed by atoms with E-state index in [0.29, 0.717) is 0 Å². The van der Waals surface area contributed by atoms with Gasteiger partial charge in [0.25, 0.3) is 5.92 Å². The van der Waals surface area contributed by atoms with Gasteiger partial charge in [-0.05, 0) is 6.42 Å². The monoisotopic (exact) mass is 180 g/mol. The second-order valence-electron chi connectivity index (χ2n) is 2.90. The summed E-state index contributed by atoms with van der Waals surface area (Å²) in [6, 6.07) is 0. The quantitative estimate of drug-likeness (QED) is 0.692. The number of carbonyl (C=O) groups is 1. The molecular formula is C7H10F2O3. The van der Waals surface area contributed by atoms with Gasteiger partial charge in [-0.3, -0.25) is 4.79 Å². The first-order valence-electron chi connectivity index (χ1n) is 3.70. The van der Waals surface area contributed by atoms with Crippen LogP contribution in [0.25, 0.3) is 0 Å². The Labute approximate surface area is 68.3 Å². The first-order chi connectivity index (χ1) is 5.52. The Morgan fingerprint density at radius 1 is 1.67 bits per heavy atom. The van der Waals surface area contributed by atoms with Gasteiger partial charge in [0.1, 0.15) is 6.61 Å². The highest BCUT2D eigenvalue weighted by atomic mass is 19.3. The third-order valence-corrected chi connectivity index (χ3v) is 1.92. The van der Waals surface area contributed by atoms with Crippen LogP contribution in [0.5, 0.6) is 0 Å². The molecule has 1 aliphatic rings. The predicted octanol–water partition coefficient (Wildman–Crippen LogP) is 1.13. The lowest BCUT2D eigenvalue weighted by molar-refractivity contribution is -0.167. The van der Waals surface area contributed by atoms with Crippen LogP contribution in [0, 0.1) is 5.92 Å². The highest BCUT2D eigenvalue weighted by molar-refractivity contribution is 5.67. The van der Waals surface area contributed by atoms with Crippen molar-refractivity contribution in [2.24, 2.45) is 5.92 Å². The summed E-state index contributed by atoms with van der Waals surface area (Å²) in [7, 11) is 0. The largest absolute Gasteiger partial charge is 0.481 e. The summed E-state index contributed by atoms with van der Waals surface area (Å²) in [4.78, 5) is 10.2. The molecule has 0 aliphatic carbocycles. The van der Waals surface area contributed by atoms with Crippen LogP contribution in [-0.4, -0.2) is 30.2 Å². The number of carboxylic acids is 1. The topological polar surface area (TPSA) is 46.5 Å². The molecule has 0 amide bonds. The van der Waals surface area contributed by atoms with Gasteiger partial charge < -0.3 is 9.84 Å². The summed E-state index contributed by atoms with van der Waals surface area (Å²) >= 11 is 0. The molecular weight excluding hydrogens is 170 g/mol. The number of hydrogen-bond donors (Lipinski definition) is 1. The average molecular weight is 180 g/mol. The average Bonchev–Trinajstić information content (AvgIpc) is 1.92. The molecule has 0 aromatic carbocycles. The molecule has 0 radical (unpaired) electrons. The molecule has 1 rings (SSSR count). The molecule has 0 saturated carbocycles. The lowest BCUT2D eigenvalue weighted by Gasteiger charge is -2.29. The second-order valence-corrected chi connectivity index (χ2v) is 2.90. The third kappa shape index (κ3) is 2.14. The molecule has 1 aliphatic heterocycles. The Morgan fingerprint density at radius 3 is 2.83 bits per heavy atom. The molecule has 0 bridgehead atoms. The fourth-order valence-electron chi connectivity index (χ4n) is 1.23. The Bertz CT molecular complexity index is 181. The van der Waals surface area contributed by atoms with E-state index >= 15 is 0 Å². The van der Waals surface area contributed by atoms with Gasteiger partial charge in [-0.2, -0.15) is 0 Å². The van der Waals surface area contributed by atoms with Gasteiger partial charge in [0, 0.05) is 12.5 Å². The van der Waals surface area contributed by atoms with Crippen molar-refractivity contribution in [2.75, 3.05) is 13.2 Å². The zero-order valence-electron chi connectivity index (χ0n) is 6.43. The SMILES string of the molecule is O=C(O)CC1CCOCC1(F)F. The number of hydrogen-bond acceptors (Lipinski definition) is 2. The maximum absolute atomic E-state index is 12.8. The van der Waals surface area contributed by atoms with E-state index in [1.54, 1.807) is 0 Å². The maximum atomic E-state index is 12.8. The summed E-state index contributed by atoms with van der Waals surface area (Å²) in [5, 5.41) is 8.32. The van der Waals surface area contributed by atoms with E-state index in [2.05, 4.69) is 4.74 Å². The van der Waals surface area contributed by atoms with E-state index < -0.39 is 30.8 Å². The highest BCUT2D eigenvalue weighted by Gasteiger charge is 2.43. The van der Waals surface area contributed by atoms with Crippen molar-refractivity contribution in [1.82, 2.24) is 0 Å². The molecule has 1 atom stereocenters. The Kier molecular flexibility index (Phi) is 2.62. The van der Waals surface area contributed by atoms with E-state index in [4.69, 9.17) is 5.11 Å². The molecule has 1 fully saturated rings. The number of halogens is 2. The fourth-order valence-corrected chi connectivity index (χ4v) is 1.23. The molecule has 0 aromatic heterocycles. The van der Waals surface area contributed by atoms with Gasteiger partial charge in [0.15, 0.2) is 0 Å². The van der Waals surface area contributed by atoms with Gasteiger partial charge in [0.2, 0.25) is 0 Å². The molecule has 1 unspecified atom stereocenters. The number of rotatable bonds is 2. The lowest BCUT2D eigenvalue weighted by atomic mass is 9.93. The molecule has 1 N–H and O–H groups in total. The first-order valence-corrected chi connectivity index (χ1v) is 3.70. The summed E-state index contributed by atoms with van der Waals surface area (Å²) in [6.07, 6.45) is -0.352. The minimum absolute atomic E-state index is 0.124. The van der Waals surface area contributed by atoms with Crippen molar-refractivity contribution in [1.29, 1.82) is 0 Å². The summed E-state index contributed by atoms with van der Waals surface area (Å²) in [5.74, 6) is -5.22. The zero-order valence-corrected chi connectivity index (χ0v) is 6.43. The van der Waals surface area contributed by atoms with E-state index in [1.165, 1.54) is 0 Å². The molecule has 3 nitrogen and oxygen atoms in total. The Balaban J connectivity index is 2.54. The van der Waals surface area contributed by atoms with Crippen LogP contribution in [0.15, 0.2) is 0 Å². The molecule has 0 spiro atoms. The number of carboxylic acid groups (broad SMARTS) is 1. The smallest absolute Gasteiger partial charge is 0.303 e. The number of alkyl halides is 2. The highest BCUT2D eigenvalue weighted by Crippen LogP contribution is 2.33. The van der Waals surface area contributed by atoms with Crippen molar-refractivity contribution < 1.29 is 23.4 Å². The van der Waals surface area contributed by atoms with Crippen LogP contribution in [0.2, 0.25) is 0 Å². The van der Waals surface area contributed by atoms with Gasteiger partial charge in [-0.25, -0.2) is 8.78 Å². The zero-order chi connectivity index (χ0) is 9.19. The van der Waals surface area contributed by atoms with Gasteiger partial charge in [0.05, 0.1) is 6.42 Å². The summed E-state index contributed by atoms with van der Waals surface area (Å²) in [5.41, 5.74) is 0. The van der Waals surface area contributed by atoms with Crippen molar-refractivity contribution in [3.8, 4) is 0 Å². The van der Waals surface area contributed by atoms with Crippen molar-refractivity contribution in [3.05, 3.63) is 0 Å². The van der Waals surface area contributed by atoms with Crippen LogP contribution in [-0.2, 0) is 9.53 Å². The van der Waals surface area contributed by atoms with E-state index in [-0.39, 0.29) is 13.0 Å². The molecule has 70 valence electrons. The van der Waals surface area contributed by atoms with E-state index in [0.717, 1.165) is 0 Å². The molecule has 1 heterocycles. The minimum Gasteiger partial charge on any atom is -0.481 e. The molecule has 12 heavy (non-hydrogen) atoms. The van der Waals surface area contributed by atoms with Gasteiger partial charge in [-0.15, -0.1) is 0 Å². The predicted molar refractivity (Wildman–Crippen MR) is 36.1 cm³/mol. The fraction of sp³-hybridized carbons (Fsp3) is 0.857. The standard InChI is InChI=1S/C7H10F2O3/c8-7(9)4-12-2-1-5(7)3-6(10)11/h5H,1-4H2,(H,10,11). The van der Waals surface area contributed by atoms with Crippen LogP contribution in [0.1, 0.15) is 12.8 Å². The number of ether oxygens (including phenoxy) is 1. The Morgan fingerprint density at radius 2 is 2.33 bits per heavy atom. The van der Waals surface area contributed by atoms with Crippen LogP contribution >= 0.6 is 0 Å². The van der Waals surface area contributed by atoms with Gasteiger partial charge in [-0.1, -0.05) is 0 Å². The third-order valence-electron chi connectivity index (χ3n) is 1.92. The van der Waals surface area contributed by atoms with Crippen LogP contribution in [0.4, 0.5) is 8.78 Å². The lowest BCUT2D eigenvalue weighted by Crippen LogP contribution is -2.39. The van der Waals surface area contributed by atoms with Crippen molar-refractivity contribution in [2.45, 2.75) is 18.8 Å². The molecule has 1 saturated heterocycles.